The normalized spacial score (nSPS) is 15.1. The van der Waals surface area contributed by atoms with Gasteiger partial charge >= 0.3 is 0 Å². The Morgan fingerprint density at radius 3 is 1.69 bits per heavy atom. The first-order chi connectivity index (χ1) is 14.2. The molecule has 4 rings (SSSR count). The van der Waals surface area contributed by atoms with Gasteiger partial charge in [0.2, 0.25) is 0 Å². The minimum atomic E-state index is -0.0266. The summed E-state index contributed by atoms with van der Waals surface area (Å²) in [6, 6.07) is 28.7. The summed E-state index contributed by atoms with van der Waals surface area (Å²) >= 11 is 0. The summed E-state index contributed by atoms with van der Waals surface area (Å²) in [7, 11) is 0. The van der Waals surface area contributed by atoms with Crippen LogP contribution in [0, 0.1) is 34.0 Å². The zero-order valence-electron chi connectivity index (χ0n) is 15.4. The van der Waals surface area contributed by atoms with Crippen molar-refractivity contribution in [1.29, 1.82) is 15.8 Å². The fourth-order valence-electron chi connectivity index (χ4n) is 3.39. The minimum Gasteiger partial charge on any atom is -0.257 e. The summed E-state index contributed by atoms with van der Waals surface area (Å²) < 4.78 is 0. The Labute approximate surface area is 169 Å². The molecule has 136 valence electrons. The lowest BCUT2D eigenvalue weighted by atomic mass is 9.97. The van der Waals surface area contributed by atoms with Gasteiger partial charge in [0.15, 0.2) is 0 Å². The van der Waals surface area contributed by atoms with Crippen LogP contribution in [0.25, 0.3) is 0 Å². The lowest BCUT2D eigenvalue weighted by molar-refractivity contribution is 0.709. The number of hydrazone groups is 1. The van der Waals surface area contributed by atoms with Gasteiger partial charge in [0.05, 0.1) is 52.3 Å². The van der Waals surface area contributed by atoms with Crippen LogP contribution in [0.4, 0.5) is 5.69 Å². The van der Waals surface area contributed by atoms with E-state index in [1.54, 1.807) is 24.3 Å². The predicted molar refractivity (Wildman–Crippen MR) is 110 cm³/mol. The van der Waals surface area contributed by atoms with Crippen LogP contribution in [0.5, 0.6) is 0 Å². The molecule has 5 nitrogen and oxygen atoms in total. The fraction of sp³-hybridized carbons (Fsp3) is 0.0833. The molecule has 3 aromatic rings. The molecule has 0 amide bonds. The zero-order chi connectivity index (χ0) is 20.2. The van der Waals surface area contributed by atoms with Crippen LogP contribution in [0.15, 0.2) is 77.9 Å². The van der Waals surface area contributed by atoms with Gasteiger partial charge in [-0.3, -0.25) is 5.01 Å². The van der Waals surface area contributed by atoms with Crippen molar-refractivity contribution < 1.29 is 0 Å². The topological polar surface area (TPSA) is 87.0 Å². The van der Waals surface area contributed by atoms with Crippen molar-refractivity contribution in [3.8, 4) is 18.2 Å². The molecule has 0 saturated heterocycles. The Bertz CT molecular complexity index is 1190. The van der Waals surface area contributed by atoms with E-state index in [-0.39, 0.29) is 6.04 Å². The van der Waals surface area contributed by atoms with Crippen molar-refractivity contribution in [2.24, 2.45) is 5.10 Å². The smallest absolute Gasteiger partial charge is 0.0991 e. The van der Waals surface area contributed by atoms with E-state index < -0.39 is 0 Å². The van der Waals surface area contributed by atoms with Gasteiger partial charge in [0.1, 0.15) is 0 Å². The second-order valence-corrected chi connectivity index (χ2v) is 6.69. The van der Waals surface area contributed by atoms with E-state index in [0.717, 1.165) is 22.5 Å². The number of rotatable bonds is 3. The maximum absolute atomic E-state index is 9.07. The molecule has 0 aliphatic carbocycles. The van der Waals surface area contributed by atoms with Gasteiger partial charge in [-0.2, -0.15) is 20.9 Å². The van der Waals surface area contributed by atoms with Crippen molar-refractivity contribution >= 4 is 11.4 Å². The zero-order valence-corrected chi connectivity index (χ0v) is 15.4. The monoisotopic (exact) mass is 373 g/mol. The van der Waals surface area contributed by atoms with Crippen LogP contribution in [-0.2, 0) is 0 Å². The van der Waals surface area contributed by atoms with E-state index in [0.29, 0.717) is 23.1 Å². The van der Waals surface area contributed by atoms with Crippen molar-refractivity contribution in [2.75, 3.05) is 5.01 Å². The van der Waals surface area contributed by atoms with Gasteiger partial charge in [-0.15, -0.1) is 0 Å². The van der Waals surface area contributed by atoms with Gasteiger partial charge in [-0.05, 0) is 59.7 Å². The number of anilines is 1. The minimum absolute atomic E-state index is 0.0266. The van der Waals surface area contributed by atoms with Gasteiger partial charge in [-0.25, -0.2) is 0 Å². The molecule has 0 bridgehead atoms. The molecule has 0 N–H and O–H groups in total. The van der Waals surface area contributed by atoms with Crippen LogP contribution >= 0.6 is 0 Å². The van der Waals surface area contributed by atoms with Crippen LogP contribution in [0.3, 0.4) is 0 Å². The molecule has 0 aromatic heterocycles. The maximum atomic E-state index is 9.07. The third-order valence-corrected chi connectivity index (χ3v) is 4.94. The molecule has 0 spiro atoms. The van der Waals surface area contributed by atoms with Crippen LogP contribution in [-0.4, -0.2) is 5.71 Å². The van der Waals surface area contributed by atoms with Gasteiger partial charge in [-0.1, -0.05) is 24.3 Å². The Morgan fingerprint density at radius 2 is 1.17 bits per heavy atom. The number of nitriles is 3. The number of hydrogen-bond acceptors (Lipinski definition) is 5. The summed E-state index contributed by atoms with van der Waals surface area (Å²) in [6.45, 7) is 0. The molecular weight excluding hydrogens is 358 g/mol. The Hall–Kier alpha value is -4.40. The lowest BCUT2D eigenvalue weighted by Crippen LogP contribution is -2.18. The quantitative estimate of drug-likeness (QED) is 0.668. The van der Waals surface area contributed by atoms with E-state index in [1.807, 2.05) is 53.5 Å². The first-order valence-corrected chi connectivity index (χ1v) is 9.09. The highest BCUT2D eigenvalue weighted by atomic mass is 15.5. The van der Waals surface area contributed by atoms with E-state index in [4.69, 9.17) is 20.9 Å². The standard InChI is InChI=1S/C24H15N5/c25-14-17-1-7-20(8-2-17)23-13-24(21-9-3-18(15-26)4-10-21)29(28-23)22-11-5-19(16-27)6-12-22/h1-12,24H,13H2. The maximum Gasteiger partial charge on any atom is 0.0991 e. The third-order valence-electron chi connectivity index (χ3n) is 4.94. The summed E-state index contributed by atoms with van der Waals surface area (Å²) in [4.78, 5) is 0. The van der Waals surface area contributed by atoms with Crippen molar-refractivity contribution in [1.82, 2.24) is 0 Å². The third kappa shape index (κ3) is 3.56. The average Bonchev–Trinajstić information content (AvgIpc) is 3.24. The molecular formula is C24H15N5. The molecule has 0 saturated carbocycles. The molecule has 1 heterocycles. The summed E-state index contributed by atoms with van der Waals surface area (Å²) in [5.74, 6) is 0. The van der Waals surface area contributed by atoms with Crippen molar-refractivity contribution in [2.45, 2.75) is 12.5 Å². The molecule has 1 unspecified atom stereocenters. The molecule has 1 aliphatic rings. The van der Waals surface area contributed by atoms with Gasteiger partial charge in [0.25, 0.3) is 0 Å². The summed E-state index contributed by atoms with van der Waals surface area (Å²) in [5.41, 5.74) is 5.67. The Kier molecular flexibility index (Phi) is 4.77. The van der Waals surface area contributed by atoms with Crippen LogP contribution < -0.4 is 5.01 Å². The predicted octanol–water partition coefficient (Wildman–Crippen LogP) is 4.66. The molecule has 1 aliphatic heterocycles. The molecule has 3 aromatic carbocycles. The number of nitrogens with zero attached hydrogens (tertiary/aromatic N) is 5. The molecule has 29 heavy (non-hydrogen) atoms. The molecule has 1 atom stereocenters. The number of hydrogen-bond donors (Lipinski definition) is 0. The van der Waals surface area contributed by atoms with E-state index in [9.17, 15) is 0 Å². The van der Waals surface area contributed by atoms with E-state index in [1.165, 1.54) is 0 Å². The van der Waals surface area contributed by atoms with Crippen molar-refractivity contribution in [3.63, 3.8) is 0 Å². The van der Waals surface area contributed by atoms with Gasteiger partial charge in [0, 0.05) is 6.42 Å². The first kappa shape index (κ1) is 18.0. The average molecular weight is 373 g/mol. The summed E-state index contributed by atoms with van der Waals surface area (Å²) in [6.07, 6.45) is 0.692. The second-order valence-electron chi connectivity index (χ2n) is 6.69. The Balaban J connectivity index is 1.73. The fourth-order valence-corrected chi connectivity index (χ4v) is 3.39. The highest BCUT2D eigenvalue weighted by Crippen LogP contribution is 2.36. The van der Waals surface area contributed by atoms with Crippen LogP contribution in [0.1, 0.15) is 40.3 Å². The Morgan fingerprint density at radius 1 is 0.690 bits per heavy atom. The lowest BCUT2D eigenvalue weighted by Gasteiger charge is -2.24. The van der Waals surface area contributed by atoms with E-state index >= 15 is 0 Å². The number of benzene rings is 3. The summed E-state index contributed by atoms with van der Waals surface area (Å²) in [5, 5.41) is 34.0. The van der Waals surface area contributed by atoms with Crippen molar-refractivity contribution in [3.05, 3.63) is 101 Å². The molecule has 5 heteroatoms. The van der Waals surface area contributed by atoms with Crippen LogP contribution in [0.2, 0.25) is 0 Å². The highest BCUT2D eigenvalue weighted by molar-refractivity contribution is 6.03. The van der Waals surface area contributed by atoms with Gasteiger partial charge < -0.3 is 0 Å². The van der Waals surface area contributed by atoms with E-state index in [2.05, 4.69) is 18.2 Å². The highest BCUT2D eigenvalue weighted by Gasteiger charge is 2.30. The largest absolute Gasteiger partial charge is 0.257 e. The second kappa shape index (κ2) is 7.69. The molecule has 0 radical (unpaired) electrons. The molecule has 0 fully saturated rings. The SMILES string of the molecule is N#Cc1ccc(C2=NN(c3ccc(C#N)cc3)C(c3ccc(C#N)cc3)C2)cc1. The first-order valence-electron chi connectivity index (χ1n) is 9.09.